The van der Waals surface area contributed by atoms with Crippen molar-refractivity contribution in [1.82, 2.24) is 20.2 Å². The maximum Gasteiger partial charge on any atom is 0.317 e. The van der Waals surface area contributed by atoms with Crippen LogP contribution in [-0.2, 0) is 0 Å². The van der Waals surface area contributed by atoms with Crippen LogP contribution in [-0.4, -0.2) is 53.6 Å². The van der Waals surface area contributed by atoms with E-state index in [2.05, 4.69) is 15.3 Å². The highest BCUT2D eigenvalue weighted by Crippen LogP contribution is 2.27. The summed E-state index contributed by atoms with van der Waals surface area (Å²) in [5.41, 5.74) is 0. The standard InChI is InChI=1S/C17H19ClFN5O2/c1-2-20-17(25)24-7-5-23(6-8-24)15-10-16(22-11-21-15)26-14-4-3-12(18)9-13(14)19/h3-4,9-11H,2,5-8H2,1H3,(H,20,25). The Bertz CT molecular complexity index is 783. The summed E-state index contributed by atoms with van der Waals surface area (Å²) in [4.78, 5) is 23.9. The first-order valence-electron chi connectivity index (χ1n) is 8.29. The predicted molar refractivity (Wildman–Crippen MR) is 96.4 cm³/mol. The number of benzene rings is 1. The number of ether oxygens (including phenoxy) is 1. The average Bonchev–Trinajstić information content (AvgIpc) is 2.65. The number of anilines is 1. The first kappa shape index (κ1) is 18.2. The molecule has 0 bridgehead atoms. The van der Waals surface area contributed by atoms with Crippen molar-refractivity contribution in [2.24, 2.45) is 0 Å². The summed E-state index contributed by atoms with van der Waals surface area (Å²) in [6.07, 6.45) is 1.37. The van der Waals surface area contributed by atoms with Crippen molar-refractivity contribution in [2.75, 3.05) is 37.6 Å². The molecule has 1 aromatic carbocycles. The van der Waals surface area contributed by atoms with Crippen LogP contribution in [0.4, 0.5) is 15.0 Å². The highest BCUT2D eigenvalue weighted by molar-refractivity contribution is 6.30. The SMILES string of the molecule is CCNC(=O)N1CCN(c2cc(Oc3ccc(Cl)cc3F)ncn2)CC1. The lowest BCUT2D eigenvalue weighted by molar-refractivity contribution is 0.195. The Balaban J connectivity index is 1.65. The summed E-state index contributed by atoms with van der Waals surface area (Å²) in [6.45, 7) is 4.97. The Labute approximate surface area is 155 Å². The third kappa shape index (κ3) is 4.32. The van der Waals surface area contributed by atoms with Gasteiger partial charge in [-0.15, -0.1) is 0 Å². The van der Waals surface area contributed by atoms with Crippen molar-refractivity contribution < 1.29 is 13.9 Å². The van der Waals surface area contributed by atoms with E-state index in [4.69, 9.17) is 16.3 Å². The fraction of sp³-hybridized carbons (Fsp3) is 0.353. The normalized spacial score (nSPS) is 14.3. The molecule has 3 rings (SSSR count). The number of hydrogen-bond donors (Lipinski definition) is 1. The highest BCUT2D eigenvalue weighted by Gasteiger charge is 2.22. The Morgan fingerprint density at radius 3 is 2.73 bits per heavy atom. The van der Waals surface area contributed by atoms with Gasteiger partial charge in [0.15, 0.2) is 11.6 Å². The minimum atomic E-state index is -0.562. The quantitative estimate of drug-likeness (QED) is 0.884. The Morgan fingerprint density at radius 1 is 1.27 bits per heavy atom. The van der Waals surface area contributed by atoms with Crippen LogP contribution in [0.15, 0.2) is 30.6 Å². The molecule has 2 aromatic rings. The van der Waals surface area contributed by atoms with Gasteiger partial charge in [-0.25, -0.2) is 19.2 Å². The van der Waals surface area contributed by atoms with E-state index in [1.807, 2.05) is 11.8 Å². The number of carbonyl (C=O) groups excluding carboxylic acids is 1. The Kier molecular flexibility index (Phi) is 5.72. The number of rotatable bonds is 4. The van der Waals surface area contributed by atoms with Gasteiger partial charge in [0.1, 0.15) is 12.1 Å². The van der Waals surface area contributed by atoms with Gasteiger partial charge in [0.25, 0.3) is 0 Å². The predicted octanol–water partition coefficient (Wildman–Crippen LogP) is 2.91. The largest absolute Gasteiger partial charge is 0.436 e. The molecule has 0 saturated carbocycles. The lowest BCUT2D eigenvalue weighted by atomic mass is 10.3. The van der Waals surface area contributed by atoms with E-state index in [9.17, 15) is 9.18 Å². The third-order valence-corrected chi connectivity index (χ3v) is 4.19. The van der Waals surface area contributed by atoms with Gasteiger partial charge in [0.05, 0.1) is 0 Å². The van der Waals surface area contributed by atoms with Crippen molar-refractivity contribution in [3.8, 4) is 11.6 Å². The third-order valence-electron chi connectivity index (χ3n) is 3.95. The lowest BCUT2D eigenvalue weighted by Crippen LogP contribution is -2.52. The Hall–Kier alpha value is -2.61. The van der Waals surface area contributed by atoms with Gasteiger partial charge in [-0.1, -0.05) is 11.6 Å². The molecule has 26 heavy (non-hydrogen) atoms. The zero-order valence-electron chi connectivity index (χ0n) is 14.3. The second-order valence-corrected chi connectivity index (χ2v) is 6.14. The van der Waals surface area contributed by atoms with Gasteiger partial charge in [-0.05, 0) is 25.1 Å². The van der Waals surface area contributed by atoms with E-state index in [1.54, 1.807) is 17.0 Å². The molecule has 9 heteroatoms. The summed E-state index contributed by atoms with van der Waals surface area (Å²) < 4.78 is 19.4. The van der Waals surface area contributed by atoms with Gasteiger partial charge in [0.2, 0.25) is 5.88 Å². The molecule has 0 aliphatic carbocycles. The van der Waals surface area contributed by atoms with Crippen LogP contribution in [0, 0.1) is 5.82 Å². The molecule has 1 N–H and O–H groups in total. The van der Waals surface area contributed by atoms with E-state index in [1.165, 1.54) is 18.5 Å². The second-order valence-electron chi connectivity index (χ2n) is 5.70. The highest BCUT2D eigenvalue weighted by atomic mass is 35.5. The molecule has 138 valence electrons. The topological polar surface area (TPSA) is 70.6 Å². The number of piperazine rings is 1. The molecule has 1 aliphatic rings. The molecule has 1 aromatic heterocycles. The number of urea groups is 1. The van der Waals surface area contributed by atoms with Crippen LogP contribution in [0.2, 0.25) is 5.02 Å². The number of carbonyl (C=O) groups is 1. The zero-order chi connectivity index (χ0) is 18.5. The smallest absolute Gasteiger partial charge is 0.317 e. The van der Waals surface area contributed by atoms with Crippen LogP contribution in [0.5, 0.6) is 11.6 Å². The first-order valence-corrected chi connectivity index (χ1v) is 8.67. The van der Waals surface area contributed by atoms with E-state index in [0.717, 1.165) is 0 Å². The van der Waals surface area contributed by atoms with Gasteiger partial charge >= 0.3 is 6.03 Å². The van der Waals surface area contributed by atoms with Crippen LogP contribution >= 0.6 is 11.6 Å². The number of nitrogens with zero attached hydrogens (tertiary/aromatic N) is 4. The van der Waals surface area contributed by atoms with E-state index in [-0.39, 0.29) is 17.7 Å². The maximum absolute atomic E-state index is 13.9. The molecule has 1 saturated heterocycles. The fourth-order valence-electron chi connectivity index (χ4n) is 2.63. The Morgan fingerprint density at radius 2 is 2.04 bits per heavy atom. The monoisotopic (exact) mass is 379 g/mol. The molecule has 2 amide bonds. The minimum Gasteiger partial charge on any atom is -0.436 e. The number of halogens is 2. The lowest BCUT2D eigenvalue weighted by Gasteiger charge is -2.35. The van der Waals surface area contributed by atoms with E-state index < -0.39 is 5.82 Å². The number of aromatic nitrogens is 2. The summed E-state index contributed by atoms with van der Waals surface area (Å²) >= 11 is 5.74. The van der Waals surface area contributed by atoms with Gasteiger partial charge < -0.3 is 19.9 Å². The van der Waals surface area contributed by atoms with Crippen LogP contribution in [0.1, 0.15) is 6.92 Å². The molecule has 1 fully saturated rings. The minimum absolute atomic E-state index is 0.0418. The molecule has 0 unspecified atom stereocenters. The van der Waals surface area contributed by atoms with E-state index in [0.29, 0.717) is 43.6 Å². The molecule has 0 spiro atoms. The van der Waals surface area contributed by atoms with Crippen molar-refractivity contribution in [1.29, 1.82) is 0 Å². The van der Waals surface area contributed by atoms with Crippen molar-refractivity contribution in [3.05, 3.63) is 41.4 Å². The molecule has 0 atom stereocenters. The van der Waals surface area contributed by atoms with Crippen molar-refractivity contribution in [2.45, 2.75) is 6.92 Å². The maximum atomic E-state index is 13.9. The number of hydrogen-bond acceptors (Lipinski definition) is 5. The summed E-state index contributed by atoms with van der Waals surface area (Å²) in [5.74, 6) is 0.385. The summed E-state index contributed by atoms with van der Waals surface area (Å²) in [6, 6.07) is 5.76. The molecule has 7 nitrogen and oxygen atoms in total. The van der Waals surface area contributed by atoms with E-state index >= 15 is 0 Å². The van der Waals surface area contributed by atoms with Crippen LogP contribution in [0.3, 0.4) is 0 Å². The van der Waals surface area contributed by atoms with Gasteiger partial charge in [-0.3, -0.25) is 0 Å². The van der Waals surface area contributed by atoms with Gasteiger partial charge in [0, 0.05) is 43.8 Å². The molecule has 1 aliphatic heterocycles. The van der Waals surface area contributed by atoms with Gasteiger partial charge in [-0.2, -0.15) is 0 Å². The summed E-state index contributed by atoms with van der Waals surface area (Å²) in [7, 11) is 0. The number of nitrogens with one attached hydrogen (secondary N) is 1. The molecular weight excluding hydrogens is 361 g/mol. The van der Waals surface area contributed by atoms with Crippen molar-refractivity contribution >= 4 is 23.4 Å². The number of amides is 2. The van der Waals surface area contributed by atoms with Crippen LogP contribution in [0.25, 0.3) is 0 Å². The van der Waals surface area contributed by atoms with Crippen LogP contribution < -0.4 is 15.0 Å². The molecule has 0 radical (unpaired) electrons. The zero-order valence-corrected chi connectivity index (χ0v) is 15.0. The summed E-state index contributed by atoms with van der Waals surface area (Å²) in [5, 5.41) is 3.09. The average molecular weight is 380 g/mol. The van der Waals surface area contributed by atoms with Crippen molar-refractivity contribution in [3.63, 3.8) is 0 Å². The fourth-order valence-corrected chi connectivity index (χ4v) is 2.79. The molecule has 2 heterocycles. The second kappa shape index (κ2) is 8.18. The first-order chi connectivity index (χ1) is 12.6. The molecular formula is C17H19ClFN5O2.